The third-order valence-electron chi connectivity index (χ3n) is 2.97. The largest absolute Gasteiger partial charge is 0.388 e. The molecule has 2 rings (SSSR count). The molecule has 4 nitrogen and oxygen atoms in total. The predicted molar refractivity (Wildman–Crippen MR) is 63.8 cm³/mol. The SMILES string of the molecule is Cc1c(Cl)ncnc1N1CCCC(C)(O)C1. The van der Waals surface area contributed by atoms with Gasteiger partial charge in [-0.25, -0.2) is 9.97 Å². The maximum Gasteiger partial charge on any atom is 0.137 e. The fourth-order valence-corrected chi connectivity index (χ4v) is 2.27. The van der Waals surface area contributed by atoms with Gasteiger partial charge in [0.05, 0.1) is 5.60 Å². The highest BCUT2D eigenvalue weighted by atomic mass is 35.5. The monoisotopic (exact) mass is 241 g/mol. The Hall–Kier alpha value is -0.870. The lowest BCUT2D eigenvalue weighted by atomic mass is 9.95. The van der Waals surface area contributed by atoms with Gasteiger partial charge < -0.3 is 10.0 Å². The van der Waals surface area contributed by atoms with Crippen molar-refractivity contribution in [2.75, 3.05) is 18.0 Å². The van der Waals surface area contributed by atoms with Crippen LogP contribution in [-0.2, 0) is 0 Å². The summed E-state index contributed by atoms with van der Waals surface area (Å²) in [5, 5.41) is 10.5. The molecule has 0 spiro atoms. The number of aromatic nitrogens is 2. The van der Waals surface area contributed by atoms with Crippen molar-refractivity contribution in [2.24, 2.45) is 0 Å². The number of aliphatic hydroxyl groups is 1. The summed E-state index contributed by atoms with van der Waals surface area (Å²) in [6.07, 6.45) is 3.27. The van der Waals surface area contributed by atoms with Crippen LogP contribution in [0.4, 0.5) is 5.82 Å². The molecule has 16 heavy (non-hydrogen) atoms. The molecule has 0 radical (unpaired) electrons. The summed E-state index contributed by atoms with van der Waals surface area (Å²) in [4.78, 5) is 10.3. The fraction of sp³-hybridized carbons (Fsp3) is 0.636. The van der Waals surface area contributed by atoms with Gasteiger partial charge in [0.15, 0.2) is 0 Å². The summed E-state index contributed by atoms with van der Waals surface area (Å²) >= 11 is 5.96. The first-order chi connectivity index (χ1) is 7.49. The average molecular weight is 242 g/mol. The molecule has 1 aliphatic rings. The normalized spacial score (nSPS) is 25.9. The molecule has 1 saturated heterocycles. The topological polar surface area (TPSA) is 49.2 Å². The zero-order valence-corrected chi connectivity index (χ0v) is 10.3. The maximum absolute atomic E-state index is 10.0. The first-order valence-electron chi connectivity index (χ1n) is 5.44. The molecular formula is C11H16ClN3O. The maximum atomic E-state index is 10.0. The molecule has 0 bridgehead atoms. The average Bonchev–Trinajstić information content (AvgIpc) is 2.20. The zero-order chi connectivity index (χ0) is 11.8. The molecule has 0 saturated carbocycles. The lowest BCUT2D eigenvalue weighted by Crippen LogP contribution is -2.46. The van der Waals surface area contributed by atoms with E-state index in [9.17, 15) is 5.11 Å². The Morgan fingerprint density at radius 2 is 2.25 bits per heavy atom. The van der Waals surface area contributed by atoms with E-state index in [1.807, 2.05) is 13.8 Å². The Bertz CT molecular complexity index is 395. The number of nitrogens with zero attached hydrogens (tertiary/aromatic N) is 3. The van der Waals surface area contributed by atoms with Crippen molar-refractivity contribution in [1.29, 1.82) is 0 Å². The lowest BCUT2D eigenvalue weighted by molar-refractivity contribution is 0.0446. The molecule has 88 valence electrons. The van der Waals surface area contributed by atoms with Gasteiger partial charge in [0, 0.05) is 18.7 Å². The van der Waals surface area contributed by atoms with E-state index >= 15 is 0 Å². The summed E-state index contributed by atoms with van der Waals surface area (Å²) < 4.78 is 0. The van der Waals surface area contributed by atoms with E-state index < -0.39 is 5.60 Å². The quantitative estimate of drug-likeness (QED) is 0.762. The molecule has 1 N–H and O–H groups in total. The van der Waals surface area contributed by atoms with Crippen molar-refractivity contribution in [3.8, 4) is 0 Å². The second-order valence-electron chi connectivity index (χ2n) is 4.64. The van der Waals surface area contributed by atoms with Gasteiger partial charge in [0.1, 0.15) is 17.3 Å². The smallest absolute Gasteiger partial charge is 0.137 e. The van der Waals surface area contributed by atoms with Gasteiger partial charge in [-0.2, -0.15) is 0 Å². The van der Waals surface area contributed by atoms with E-state index in [-0.39, 0.29) is 0 Å². The Balaban J connectivity index is 2.27. The van der Waals surface area contributed by atoms with Crippen LogP contribution in [0.2, 0.25) is 5.15 Å². The van der Waals surface area contributed by atoms with Crippen LogP contribution in [0.15, 0.2) is 6.33 Å². The van der Waals surface area contributed by atoms with Gasteiger partial charge in [0.2, 0.25) is 0 Å². The molecule has 1 aromatic heterocycles. The van der Waals surface area contributed by atoms with E-state index in [2.05, 4.69) is 14.9 Å². The van der Waals surface area contributed by atoms with Gasteiger partial charge in [-0.3, -0.25) is 0 Å². The van der Waals surface area contributed by atoms with Crippen molar-refractivity contribution in [3.05, 3.63) is 17.0 Å². The van der Waals surface area contributed by atoms with Crippen LogP contribution >= 0.6 is 11.6 Å². The summed E-state index contributed by atoms with van der Waals surface area (Å²) in [5.41, 5.74) is 0.240. The Labute approximate surface area is 100 Å². The molecule has 0 aliphatic carbocycles. The van der Waals surface area contributed by atoms with Crippen LogP contribution in [0.1, 0.15) is 25.3 Å². The summed E-state index contributed by atoms with van der Waals surface area (Å²) in [6.45, 7) is 5.27. The van der Waals surface area contributed by atoms with Crippen LogP contribution in [0.25, 0.3) is 0 Å². The predicted octanol–water partition coefficient (Wildman–Crippen LogP) is 1.79. The molecule has 2 heterocycles. The van der Waals surface area contributed by atoms with E-state index in [0.717, 1.165) is 30.8 Å². The highest BCUT2D eigenvalue weighted by Crippen LogP contribution is 2.28. The molecule has 1 aliphatic heterocycles. The number of hydrogen-bond acceptors (Lipinski definition) is 4. The second kappa shape index (κ2) is 4.18. The molecule has 5 heteroatoms. The number of piperidine rings is 1. The van der Waals surface area contributed by atoms with Gasteiger partial charge >= 0.3 is 0 Å². The molecule has 1 fully saturated rings. The molecule has 1 aromatic rings. The fourth-order valence-electron chi connectivity index (χ4n) is 2.14. The molecule has 0 amide bonds. The van der Waals surface area contributed by atoms with E-state index in [0.29, 0.717) is 11.7 Å². The van der Waals surface area contributed by atoms with Crippen LogP contribution in [0.3, 0.4) is 0 Å². The van der Waals surface area contributed by atoms with Crippen LogP contribution in [0, 0.1) is 6.92 Å². The zero-order valence-electron chi connectivity index (χ0n) is 9.57. The van der Waals surface area contributed by atoms with Gasteiger partial charge in [0.25, 0.3) is 0 Å². The standard InChI is InChI=1S/C11H16ClN3O/c1-8-9(12)13-7-14-10(8)15-5-3-4-11(2,16)6-15/h7,16H,3-6H2,1-2H3. The highest BCUT2D eigenvalue weighted by molar-refractivity contribution is 6.30. The first kappa shape index (κ1) is 11.6. The van der Waals surface area contributed by atoms with E-state index in [1.165, 1.54) is 6.33 Å². The Kier molecular flexibility index (Phi) is 3.04. The summed E-state index contributed by atoms with van der Waals surface area (Å²) in [7, 11) is 0. The third-order valence-corrected chi connectivity index (χ3v) is 3.35. The van der Waals surface area contributed by atoms with Gasteiger partial charge in [-0.1, -0.05) is 11.6 Å². The molecular weight excluding hydrogens is 226 g/mol. The van der Waals surface area contributed by atoms with Crippen molar-refractivity contribution >= 4 is 17.4 Å². The van der Waals surface area contributed by atoms with E-state index in [1.54, 1.807) is 0 Å². The number of hydrogen-bond donors (Lipinski definition) is 1. The van der Waals surface area contributed by atoms with Crippen molar-refractivity contribution in [1.82, 2.24) is 9.97 Å². The Morgan fingerprint density at radius 3 is 2.94 bits per heavy atom. The molecule has 1 atom stereocenters. The van der Waals surface area contributed by atoms with E-state index in [4.69, 9.17) is 11.6 Å². The van der Waals surface area contributed by atoms with Crippen LogP contribution in [-0.4, -0.2) is 33.8 Å². The number of halogens is 1. The molecule has 0 aromatic carbocycles. The van der Waals surface area contributed by atoms with Gasteiger partial charge in [-0.15, -0.1) is 0 Å². The number of anilines is 1. The summed E-state index contributed by atoms with van der Waals surface area (Å²) in [5.74, 6) is 0.833. The minimum absolute atomic E-state index is 0.482. The lowest BCUT2D eigenvalue weighted by Gasteiger charge is -2.38. The first-order valence-corrected chi connectivity index (χ1v) is 5.82. The minimum Gasteiger partial charge on any atom is -0.388 e. The van der Waals surface area contributed by atoms with Crippen molar-refractivity contribution in [3.63, 3.8) is 0 Å². The highest BCUT2D eigenvalue weighted by Gasteiger charge is 2.29. The van der Waals surface area contributed by atoms with Gasteiger partial charge in [-0.05, 0) is 26.7 Å². The Morgan fingerprint density at radius 1 is 1.50 bits per heavy atom. The van der Waals surface area contributed by atoms with Crippen molar-refractivity contribution in [2.45, 2.75) is 32.3 Å². The summed E-state index contributed by atoms with van der Waals surface area (Å²) in [6, 6.07) is 0. The molecule has 1 unspecified atom stereocenters. The number of β-amino-alcohol motifs (C(OH)–C–C–N with tert-alkyl or cyclic N) is 1. The number of rotatable bonds is 1. The second-order valence-corrected chi connectivity index (χ2v) is 4.99. The minimum atomic E-state index is -0.637. The van der Waals surface area contributed by atoms with Crippen molar-refractivity contribution < 1.29 is 5.11 Å². The van der Waals surface area contributed by atoms with Crippen LogP contribution in [0.5, 0.6) is 0 Å². The third kappa shape index (κ3) is 2.28. The van der Waals surface area contributed by atoms with Crippen LogP contribution < -0.4 is 4.90 Å².